The molecule has 0 aliphatic carbocycles. The number of ether oxygens (including phenoxy) is 1. The lowest BCUT2D eigenvalue weighted by Crippen LogP contribution is -2.52. The summed E-state index contributed by atoms with van der Waals surface area (Å²) < 4.78 is 24.1. The summed E-state index contributed by atoms with van der Waals surface area (Å²) in [6, 6.07) is 20.3. The first kappa shape index (κ1) is 36.1. The number of benzene rings is 3. The topological polar surface area (TPSA) is 116 Å². The highest BCUT2D eigenvalue weighted by atomic mass is 19.1. The standard InChI is InChI=1S/C41H45FN6O5/c1-27-36(40(51)48(31-10-12-34(49)13-11-31)33-22-43-46(25-33)26-41(2,3)52)21-38(44(27)4)37-20-30(42)9-14-35(37)39(50)47-23-29-8-6-5-7-28(29)19-32(47)24-45-15-17-53-18-16-45/h5-14,20-22,25,32,49,52H,15-19,23-24,26H2,1-4H3/t32-/m0/s1. The van der Waals surface area contributed by atoms with Crippen LogP contribution in [0.2, 0.25) is 0 Å². The molecule has 2 aromatic heterocycles. The maximum atomic E-state index is 15.2. The zero-order valence-corrected chi connectivity index (χ0v) is 30.5. The zero-order chi connectivity index (χ0) is 37.4. The molecular weight excluding hydrogens is 675 g/mol. The molecule has 4 heterocycles. The van der Waals surface area contributed by atoms with E-state index in [9.17, 15) is 19.8 Å². The maximum Gasteiger partial charge on any atom is 0.264 e. The van der Waals surface area contributed by atoms with Crippen LogP contribution in [0, 0.1) is 12.7 Å². The van der Waals surface area contributed by atoms with Gasteiger partial charge in [-0.3, -0.25) is 24.1 Å². The van der Waals surface area contributed by atoms with E-state index in [1.807, 2.05) is 28.5 Å². The van der Waals surface area contributed by atoms with E-state index in [1.165, 1.54) is 34.7 Å². The normalized spacial score (nSPS) is 16.4. The first-order chi connectivity index (χ1) is 25.4. The summed E-state index contributed by atoms with van der Waals surface area (Å²) in [4.78, 5) is 35.1. The largest absolute Gasteiger partial charge is 0.508 e. The Kier molecular flexibility index (Phi) is 9.95. The molecule has 7 rings (SSSR count). The number of aromatic hydroxyl groups is 1. The van der Waals surface area contributed by atoms with E-state index in [0.29, 0.717) is 72.2 Å². The van der Waals surface area contributed by atoms with E-state index in [4.69, 9.17) is 4.74 Å². The number of rotatable bonds is 9. The smallest absolute Gasteiger partial charge is 0.264 e. The molecule has 0 saturated carbocycles. The summed E-state index contributed by atoms with van der Waals surface area (Å²) in [5.74, 6) is -1.04. The molecule has 11 nitrogen and oxygen atoms in total. The minimum absolute atomic E-state index is 0.0460. The van der Waals surface area contributed by atoms with Gasteiger partial charge in [0.05, 0.1) is 42.8 Å². The van der Waals surface area contributed by atoms with Gasteiger partial charge in [0.25, 0.3) is 11.8 Å². The average molecular weight is 721 g/mol. The molecule has 2 aliphatic rings. The Hall–Kier alpha value is -5.30. The van der Waals surface area contributed by atoms with Crippen LogP contribution in [0.15, 0.2) is 85.2 Å². The summed E-state index contributed by atoms with van der Waals surface area (Å²) in [6.45, 7) is 9.38. The van der Waals surface area contributed by atoms with Crippen molar-refractivity contribution < 1.29 is 28.9 Å². The summed E-state index contributed by atoms with van der Waals surface area (Å²) >= 11 is 0. The third-order valence-electron chi connectivity index (χ3n) is 10.2. The lowest BCUT2D eigenvalue weighted by molar-refractivity contribution is 0.0193. The Morgan fingerprint density at radius 2 is 1.70 bits per heavy atom. The van der Waals surface area contributed by atoms with Gasteiger partial charge in [0.1, 0.15) is 11.6 Å². The van der Waals surface area contributed by atoms with Gasteiger partial charge in [-0.1, -0.05) is 24.3 Å². The van der Waals surface area contributed by atoms with Gasteiger partial charge in [-0.25, -0.2) is 4.39 Å². The third kappa shape index (κ3) is 7.61. The molecule has 0 radical (unpaired) electrons. The van der Waals surface area contributed by atoms with Crippen LogP contribution in [-0.4, -0.2) is 90.7 Å². The number of aliphatic hydroxyl groups is 1. The number of aromatic nitrogens is 3. The fourth-order valence-electron chi connectivity index (χ4n) is 7.37. The van der Waals surface area contributed by atoms with Crippen LogP contribution in [0.5, 0.6) is 5.75 Å². The van der Waals surface area contributed by atoms with E-state index in [0.717, 1.165) is 18.7 Å². The number of phenols is 1. The molecule has 2 amide bonds. The van der Waals surface area contributed by atoms with Crippen LogP contribution in [-0.2, 0) is 31.3 Å². The molecule has 2 aliphatic heterocycles. The van der Waals surface area contributed by atoms with Gasteiger partial charge in [-0.2, -0.15) is 5.10 Å². The van der Waals surface area contributed by atoms with Crippen molar-refractivity contribution in [3.8, 4) is 17.0 Å². The van der Waals surface area contributed by atoms with Crippen LogP contribution >= 0.6 is 0 Å². The number of anilines is 2. The third-order valence-corrected chi connectivity index (χ3v) is 10.2. The first-order valence-electron chi connectivity index (χ1n) is 17.9. The molecule has 276 valence electrons. The lowest BCUT2D eigenvalue weighted by atomic mass is 9.92. The molecule has 53 heavy (non-hydrogen) atoms. The number of halogens is 1. The summed E-state index contributed by atoms with van der Waals surface area (Å²) in [6.07, 6.45) is 3.93. The van der Waals surface area contributed by atoms with E-state index < -0.39 is 11.4 Å². The molecule has 0 spiro atoms. The molecule has 1 atom stereocenters. The van der Waals surface area contributed by atoms with Crippen molar-refractivity contribution in [2.75, 3.05) is 37.7 Å². The molecule has 12 heteroatoms. The summed E-state index contributed by atoms with van der Waals surface area (Å²) in [7, 11) is 1.80. The lowest BCUT2D eigenvalue weighted by Gasteiger charge is -2.40. The Morgan fingerprint density at radius 3 is 2.42 bits per heavy atom. The molecular formula is C41H45FN6O5. The minimum atomic E-state index is -1.04. The Balaban J connectivity index is 1.26. The first-order valence-corrected chi connectivity index (χ1v) is 17.9. The van der Waals surface area contributed by atoms with Crippen molar-refractivity contribution in [2.24, 2.45) is 7.05 Å². The minimum Gasteiger partial charge on any atom is -0.508 e. The number of hydrogen-bond donors (Lipinski definition) is 2. The van der Waals surface area contributed by atoms with Gasteiger partial charge >= 0.3 is 0 Å². The number of carbonyl (C=O) groups is 2. The van der Waals surface area contributed by atoms with Crippen molar-refractivity contribution in [3.63, 3.8) is 0 Å². The van der Waals surface area contributed by atoms with Crippen LogP contribution in [0.3, 0.4) is 0 Å². The Morgan fingerprint density at radius 1 is 0.981 bits per heavy atom. The molecule has 0 bridgehead atoms. The highest BCUT2D eigenvalue weighted by Crippen LogP contribution is 2.35. The second-order valence-electron chi connectivity index (χ2n) is 14.6. The second kappa shape index (κ2) is 14.6. The number of phenolic OH excluding ortho intramolecular Hbond substituents is 1. The number of nitrogens with zero attached hydrogens (tertiary/aromatic N) is 6. The van der Waals surface area contributed by atoms with Crippen molar-refractivity contribution in [3.05, 3.63) is 119 Å². The SMILES string of the molecule is Cc1c(C(=O)N(c2ccc(O)cc2)c2cnn(CC(C)(C)O)c2)cc(-c2cc(F)ccc2C(=O)N2Cc3ccccc3C[C@H]2CN2CCOCC2)n1C. The Labute approximate surface area is 308 Å². The number of morpholine rings is 1. The van der Waals surface area contributed by atoms with Gasteiger partial charge in [0.2, 0.25) is 0 Å². The number of amides is 2. The van der Waals surface area contributed by atoms with E-state index >= 15 is 4.39 Å². The van der Waals surface area contributed by atoms with Crippen molar-refractivity contribution in [1.29, 1.82) is 0 Å². The number of fused-ring (bicyclic) bond motifs is 1. The maximum absolute atomic E-state index is 15.2. The molecule has 0 unspecified atom stereocenters. The fourth-order valence-corrected chi connectivity index (χ4v) is 7.37. The van der Waals surface area contributed by atoms with Crippen LogP contribution in [0.1, 0.15) is 51.4 Å². The van der Waals surface area contributed by atoms with E-state index in [2.05, 4.69) is 22.1 Å². The van der Waals surface area contributed by atoms with Crippen molar-refractivity contribution >= 4 is 23.2 Å². The van der Waals surface area contributed by atoms with Gasteiger partial charge in [0.15, 0.2) is 0 Å². The van der Waals surface area contributed by atoms with E-state index in [-0.39, 0.29) is 30.2 Å². The highest BCUT2D eigenvalue weighted by Gasteiger charge is 2.34. The monoisotopic (exact) mass is 720 g/mol. The van der Waals surface area contributed by atoms with Gasteiger partial charge in [-0.05, 0) is 86.8 Å². The second-order valence-corrected chi connectivity index (χ2v) is 14.6. The van der Waals surface area contributed by atoms with Gasteiger partial charge < -0.3 is 24.4 Å². The van der Waals surface area contributed by atoms with Crippen molar-refractivity contribution in [1.82, 2.24) is 24.1 Å². The summed E-state index contributed by atoms with van der Waals surface area (Å²) in [5.41, 5.74) is 4.40. The average Bonchev–Trinajstić information content (AvgIpc) is 3.70. The van der Waals surface area contributed by atoms with Gasteiger partial charge in [-0.15, -0.1) is 0 Å². The quantitative estimate of drug-likeness (QED) is 0.201. The van der Waals surface area contributed by atoms with Crippen LogP contribution in [0.4, 0.5) is 15.8 Å². The fraction of sp³-hybridized carbons (Fsp3) is 0.341. The number of hydrogen-bond acceptors (Lipinski definition) is 7. The molecule has 2 N–H and O–H groups in total. The predicted octanol–water partition coefficient (Wildman–Crippen LogP) is 5.69. The predicted molar refractivity (Wildman–Crippen MR) is 200 cm³/mol. The molecule has 1 fully saturated rings. The molecule has 5 aromatic rings. The molecule has 1 saturated heterocycles. The highest BCUT2D eigenvalue weighted by molar-refractivity contribution is 6.12. The molecule has 3 aromatic carbocycles. The van der Waals surface area contributed by atoms with Gasteiger partial charge in [0, 0.05) is 73.7 Å². The van der Waals surface area contributed by atoms with E-state index in [1.54, 1.807) is 62.2 Å². The zero-order valence-electron chi connectivity index (χ0n) is 30.5. The van der Waals surface area contributed by atoms with Crippen LogP contribution < -0.4 is 4.90 Å². The van der Waals surface area contributed by atoms with Crippen LogP contribution in [0.25, 0.3) is 11.3 Å². The van der Waals surface area contributed by atoms with Crippen molar-refractivity contribution in [2.45, 2.75) is 51.9 Å². The Bertz CT molecular complexity index is 2130. The summed E-state index contributed by atoms with van der Waals surface area (Å²) in [5, 5.41) is 24.8. The number of carbonyl (C=O) groups excluding carboxylic acids is 2.